The van der Waals surface area contributed by atoms with Crippen molar-refractivity contribution < 1.29 is 22.5 Å². The van der Waals surface area contributed by atoms with Crippen LogP contribution in [-0.2, 0) is 21.3 Å². The first-order valence-electron chi connectivity index (χ1n) is 11.2. The fourth-order valence-corrected chi connectivity index (χ4v) is 5.65. The Morgan fingerprint density at radius 3 is 2.61 bits per heavy atom. The van der Waals surface area contributed by atoms with E-state index in [1.54, 1.807) is 12.5 Å². The van der Waals surface area contributed by atoms with Gasteiger partial charge in [-0.2, -0.15) is 20.2 Å². The molecule has 0 spiro atoms. The molecule has 2 heterocycles. The van der Waals surface area contributed by atoms with Crippen LogP contribution in [0.25, 0.3) is 10.9 Å². The number of nitrogens with two attached hydrogens (primary N) is 1. The number of aromatic nitrogens is 1. The van der Waals surface area contributed by atoms with Crippen molar-refractivity contribution >= 4 is 38.9 Å². The summed E-state index contributed by atoms with van der Waals surface area (Å²) in [4.78, 5) is 15.9. The van der Waals surface area contributed by atoms with Crippen LogP contribution in [0.15, 0.2) is 24.4 Å². The zero-order chi connectivity index (χ0) is 24.6. The number of hydrogen-bond acceptors (Lipinski definition) is 6. The molecule has 1 aromatic carbocycles. The third kappa shape index (κ3) is 8.20. The Labute approximate surface area is 201 Å². The van der Waals surface area contributed by atoms with Crippen LogP contribution in [0.3, 0.4) is 0 Å². The second-order valence-electron chi connectivity index (χ2n) is 8.50. The van der Waals surface area contributed by atoms with E-state index in [1.165, 1.54) is 54.6 Å². The van der Waals surface area contributed by atoms with Crippen LogP contribution in [0.1, 0.15) is 43.7 Å². The van der Waals surface area contributed by atoms with Crippen molar-refractivity contribution in [3.63, 3.8) is 0 Å². The maximum Gasteiger partial charge on any atom is 0.404 e. The van der Waals surface area contributed by atoms with Crippen LogP contribution in [0.4, 0.5) is 4.79 Å². The quantitative estimate of drug-likeness (QED) is 0.533. The summed E-state index contributed by atoms with van der Waals surface area (Å²) in [6, 6.07) is 7.58. The number of rotatable bonds is 5. The molecule has 0 saturated carbocycles. The van der Waals surface area contributed by atoms with Crippen LogP contribution < -0.4 is 5.73 Å². The van der Waals surface area contributed by atoms with Gasteiger partial charge in [0.15, 0.2) is 0 Å². The van der Waals surface area contributed by atoms with Gasteiger partial charge in [0.05, 0.1) is 12.9 Å². The molecule has 2 aliphatic rings. The highest BCUT2D eigenvalue weighted by Crippen LogP contribution is 2.45. The van der Waals surface area contributed by atoms with E-state index >= 15 is 0 Å². The Morgan fingerprint density at radius 1 is 1.36 bits per heavy atom. The number of likely N-dealkylation sites (tertiary alicyclic amines) is 1. The predicted molar refractivity (Wildman–Crippen MR) is 136 cm³/mol. The average molecular weight is 500 g/mol. The molecule has 1 aliphatic carbocycles. The number of primary amides is 1. The summed E-state index contributed by atoms with van der Waals surface area (Å²) in [5.74, 6) is 2.88. The normalized spacial score (nSPS) is 21.8. The second kappa shape index (κ2) is 12.6. The van der Waals surface area contributed by atoms with E-state index in [2.05, 4.69) is 57.9 Å². The van der Waals surface area contributed by atoms with Crippen LogP contribution in [0, 0.1) is 5.92 Å². The molecule has 186 valence electrons. The molecule has 1 aromatic heterocycles. The molecule has 4 rings (SSSR count). The van der Waals surface area contributed by atoms with Gasteiger partial charge in [0.25, 0.3) is 10.1 Å². The zero-order valence-electron chi connectivity index (χ0n) is 19.9. The third-order valence-electron chi connectivity index (χ3n) is 5.86. The van der Waals surface area contributed by atoms with Crippen molar-refractivity contribution in [3.05, 3.63) is 35.5 Å². The molecule has 0 bridgehead atoms. The molecule has 2 aromatic rings. The maximum absolute atomic E-state index is 9.60. The zero-order valence-corrected chi connectivity index (χ0v) is 21.5. The van der Waals surface area contributed by atoms with E-state index < -0.39 is 16.2 Å². The van der Waals surface area contributed by atoms with Gasteiger partial charge in [-0.3, -0.25) is 9.45 Å². The lowest BCUT2D eigenvalue weighted by Gasteiger charge is -2.47. The number of benzene rings is 1. The first kappa shape index (κ1) is 27.5. The summed E-state index contributed by atoms with van der Waals surface area (Å²) in [5.41, 5.74) is 9.02. The number of fused-ring (bicyclic) bond motifs is 2. The number of carbonyl (C=O) groups excluding carboxylic acids is 1. The number of ether oxygens (including phenoxy) is 1. The molecule has 3 atom stereocenters. The number of nitrogens with one attached hydrogen (secondary N) is 1. The van der Waals surface area contributed by atoms with E-state index in [4.69, 9.17) is 4.55 Å². The van der Waals surface area contributed by atoms with Crippen molar-refractivity contribution in [1.82, 2.24) is 9.88 Å². The number of nitrogens with zero attached hydrogens (tertiary/aromatic N) is 1. The van der Waals surface area contributed by atoms with Crippen LogP contribution >= 0.6 is 11.8 Å². The molecular weight excluding hydrogens is 462 g/mol. The first-order chi connectivity index (χ1) is 15.6. The molecule has 10 heteroatoms. The van der Waals surface area contributed by atoms with Crippen molar-refractivity contribution in [2.45, 2.75) is 45.1 Å². The number of aromatic amines is 1. The highest BCUT2D eigenvalue weighted by Gasteiger charge is 2.40. The maximum atomic E-state index is 9.60. The minimum absolute atomic E-state index is 0.356. The van der Waals surface area contributed by atoms with E-state index in [9.17, 15) is 13.2 Å². The smallest absolute Gasteiger partial charge is 0.404 e. The fourth-order valence-electron chi connectivity index (χ4n) is 4.94. The summed E-state index contributed by atoms with van der Waals surface area (Å²) in [6.07, 6.45) is 8.37. The molecule has 8 nitrogen and oxygen atoms in total. The molecule has 1 amide bonds. The van der Waals surface area contributed by atoms with Gasteiger partial charge < -0.3 is 15.5 Å². The first-order valence-corrected chi connectivity index (χ1v) is 14.5. The van der Waals surface area contributed by atoms with Gasteiger partial charge in [-0.1, -0.05) is 19.1 Å². The summed E-state index contributed by atoms with van der Waals surface area (Å²) in [5, 5.41) is 1.53. The van der Waals surface area contributed by atoms with Crippen molar-refractivity contribution in [3.8, 4) is 0 Å². The van der Waals surface area contributed by atoms with Crippen LogP contribution in [-0.4, -0.2) is 73.0 Å². The number of carbonyl (C=O) groups is 1. The van der Waals surface area contributed by atoms with E-state index in [-0.39, 0.29) is 0 Å². The van der Waals surface area contributed by atoms with E-state index in [1.807, 2.05) is 11.8 Å². The molecule has 1 saturated heterocycles. The highest BCUT2D eigenvalue weighted by molar-refractivity contribution is 7.98. The lowest BCUT2D eigenvalue weighted by atomic mass is 9.72. The van der Waals surface area contributed by atoms with Gasteiger partial charge >= 0.3 is 6.09 Å². The predicted octanol–water partition coefficient (Wildman–Crippen LogP) is 3.88. The Morgan fingerprint density at radius 2 is 2.06 bits per heavy atom. The monoisotopic (exact) mass is 499 g/mol. The van der Waals surface area contributed by atoms with Crippen LogP contribution in [0.5, 0.6) is 0 Å². The number of hydrogen-bond donors (Lipinski definition) is 3. The Hall–Kier alpha value is -1.75. The third-order valence-corrected chi connectivity index (χ3v) is 6.67. The lowest BCUT2D eigenvalue weighted by Crippen LogP contribution is -2.50. The van der Waals surface area contributed by atoms with Crippen molar-refractivity contribution in [2.75, 3.05) is 38.0 Å². The van der Waals surface area contributed by atoms with Gasteiger partial charge in [-0.05, 0) is 67.9 Å². The molecule has 0 radical (unpaired) electrons. The Balaban J connectivity index is 0.000000295. The minimum Gasteiger partial charge on any atom is -0.450 e. The molecule has 33 heavy (non-hydrogen) atoms. The largest absolute Gasteiger partial charge is 0.450 e. The molecular formula is C23H37N3O5S2. The lowest BCUT2D eigenvalue weighted by molar-refractivity contribution is 0.0926. The van der Waals surface area contributed by atoms with Gasteiger partial charge in [-0.15, -0.1) is 0 Å². The number of thioether (sulfide) groups is 1. The molecule has 1 fully saturated rings. The number of piperidine rings is 1. The van der Waals surface area contributed by atoms with E-state index in [0.717, 1.165) is 11.8 Å². The molecule has 4 N–H and O–H groups in total. The summed E-state index contributed by atoms with van der Waals surface area (Å²) in [7, 11) is -3.67. The van der Waals surface area contributed by atoms with Crippen molar-refractivity contribution in [2.24, 2.45) is 11.7 Å². The highest BCUT2D eigenvalue weighted by atomic mass is 32.2. The van der Waals surface area contributed by atoms with Gasteiger partial charge in [0, 0.05) is 35.6 Å². The van der Waals surface area contributed by atoms with Crippen molar-refractivity contribution in [1.29, 1.82) is 0 Å². The van der Waals surface area contributed by atoms with Gasteiger partial charge in [0.2, 0.25) is 0 Å². The Bertz CT molecular complexity index is 1000. The summed E-state index contributed by atoms with van der Waals surface area (Å²) in [6.45, 7) is 6.92. The SMILES string of the molecule is CCCN1C[C@H](CSC)C[C@@H]2c3cccc4[nH]cc(c34)C[C@H]21.CCOC(N)=O.CS(=O)(=O)O. The summed E-state index contributed by atoms with van der Waals surface area (Å²) >= 11 is 2.01. The standard InChI is InChI=1S/C19H26N2S.C3H7NO2.CH4O3S/c1-3-7-21-11-13(12-22-2)8-16-15-5-4-6-17-19(15)14(10-20-17)9-18(16)21;1-2-6-3(4)5;1-5(2,3)4/h4-6,10,13,16,18,20H,3,7-9,11-12H2,1-2H3;2H2,1H3,(H2,4,5);1H3,(H,2,3,4)/t13-,16-,18-;;/m1../s1. The average Bonchev–Trinajstić information content (AvgIpc) is 3.13. The molecule has 0 unspecified atom stereocenters. The van der Waals surface area contributed by atoms with Gasteiger partial charge in [0.1, 0.15) is 0 Å². The summed E-state index contributed by atoms with van der Waals surface area (Å²) < 4.78 is 30.0. The topological polar surface area (TPSA) is 126 Å². The minimum atomic E-state index is -3.67. The van der Waals surface area contributed by atoms with E-state index in [0.29, 0.717) is 18.9 Å². The number of H-pyrrole nitrogens is 1. The molecule has 1 aliphatic heterocycles. The van der Waals surface area contributed by atoms with Crippen LogP contribution in [0.2, 0.25) is 0 Å². The fraction of sp³-hybridized carbons (Fsp3) is 0.609. The Kier molecular flexibility index (Phi) is 10.5. The second-order valence-corrected chi connectivity index (χ2v) is 10.9. The number of amides is 1. The van der Waals surface area contributed by atoms with Gasteiger partial charge in [-0.25, -0.2) is 4.79 Å².